The average molecular weight is 826 g/mol. The highest BCUT2D eigenvalue weighted by molar-refractivity contribution is 5.89. The van der Waals surface area contributed by atoms with Gasteiger partial charge in [-0.2, -0.15) is 0 Å². The van der Waals surface area contributed by atoms with Gasteiger partial charge in [-0.1, -0.05) is 67.6 Å². The number of Topliss-reactive ketones (excluding diaryl/α,β-unsaturated/α-hetero) is 2. The third kappa shape index (κ3) is 9.38. The Bertz CT molecular complexity index is 2300. The predicted molar refractivity (Wildman–Crippen MR) is 239 cm³/mol. The number of carbonyl (C=O) groups is 2. The maximum absolute atomic E-state index is 14.3. The number of ketones is 2. The van der Waals surface area contributed by atoms with Gasteiger partial charge in [0.25, 0.3) is 0 Å². The number of ether oxygens (including phenoxy) is 1. The number of methoxy groups -OCH3 is 1. The number of carbonyl (C=O) groups excluding carboxylic acids is 2. The summed E-state index contributed by atoms with van der Waals surface area (Å²) in [6, 6.07) is 20.6. The number of phenolic OH excluding ortho intramolecular Hbond substituents is 1. The number of hydrogen-bond acceptors (Lipinski definition) is 9. The minimum absolute atomic E-state index is 0.00818. The SMILES string of the molecule is CCc1cnc(N)cc1C(CC(O)CCC1C#CC2(CCC(CCC3CNC4CC(=O)CCC4C3)CC2O)C(=O)CCc2cc(OC)c(O)cc21)c1ccc2ccccc2c1. The van der Waals surface area contributed by atoms with Gasteiger partial charge in [-0.3, -0.25) is 9.59 Å². The molecule has 1 aliphatic heterocycles. The smallest absolute Gasteiger partial charge is 0.160 e. The molecule has 0 radical (unpaired) electrons. The van der Waals surface area contributed by atoms with Crippen LogP contribution in [0.5, 0.6) is 11.5 Å². The summed E-state index contributed by atoms with van der Waals surface area (Å²) >= 11 is 0. The van der Waals surface area contributed by atoms with Crippen LogP contribution in [-0.2, 0) is 22.4 Å². The van der Waals surface area contributed by atoms with Crippen molar-refractivity contribution >= 4 is 28.2 Å². The molecule has 322 valence electrons. The van der Waals surface area contributed by atoms with E-state index < -0.39 is 23.5 Å². The van der Waals surface area contributed by atoms with Crippen LogP contribution in [0.4, 0.5) is 5.82 Å². The predicted octanol–water partition coefficient (Wildman–Crippen LogP) is 8.33. The van der Waals surface area contributed by atoms with E-state index in [1.54, 1.807) is 6.07 Å². The number of aryl methyl sites for hydroxylation is 2. The van der Waals surface area contributed by atoms with E-state index >= 15 is 0 Å². The first-order valence-electron chi connectivity index (χ1n) is 22.8. The normalized spacial score (nSPS) is 27.5. The number of nitrogen functional groups attached to an aromatic ring is 1. The van der Waals surface area contributed by atoms with Crippen LogP contribution in [-0.4, -0.2) is 63.8 Å². The average Bonchev–Trinajstić information content (AvgIpc) is 3.32. The Kier molecular flexibility index (Phi) is 13.2. The van der Waals surface area contributed by atoms with Crippen LogP contribution in [0.1, 0.15) is 130 Å². The molecule has 3 aromatic carbocycles. The van der Waals surface area contributed by atoms with E-state index in [-0.39, 0.29) is 23.9 Å². The number of aliphatic hydroxyl groups excluding tert-OH is 2. The minimum atomic E-state index is -1.16. The number of aromatic hydroxyl groups is 1. The molecular weight excluding hydrogens is 763 g/mol. The topological polar surface area (TPSA) is 155 Å². The number of fused-ring (bicyclic) bond motifs is 3. The molecule has 9 unspecified atom stereocenters. The van der Waals surface area contributed by atoms with E-state index in [0.717, 1.165) is 83.7 Å². The Labute approximate surface area is 360 Å². The van der Waals surface area contributed by atoms with Gasteiger partial charge in [-0.05, 0) is 152 Å². The minimum Gasteiger partial charge on any atom is -0.504 e. The third-order valence-electron chi connectivity index (χ3n) is 14.8. The molecule has 9 atom stereocenters. The number of hydrogen-bond donors (Lipinski definition) is 5. The first-order valence-corrected chi connectivity index (χ1v) is 22.8. The zero-order valence-corrected chi connectivity index (χ0v) is 35.9. The zero-order chi connectivity index (χ0) is 42.7. The number of piperidine rings is 1. The van der Waals surface area contributed by atoms with Crippen LogP contribution in [0.15, 0.2) is 66.9 Å². The Balaban J connectivity index is 1.01. The molecule has 9 nitrogen and oxygen atoms in total. The van der Waals surface area contributed by atoms with E-state index in [0.29, 0.717) is 92.5 Å². The van der Waals surface area contributed by atoms with Gasteiger partial charge in [-0.25, -0.2) is 4.98 Å². The highest BCUT2D eigenvalue weighted by atomic mass is 16.5. The van der Waals surface area contributed by atoms with Crippen molar-refractivity contribution in [1.82, 2.24) is 10.3 Å². The van der Waals surface area contributed by atoms with E-state index in [1.165, 1.54) is 7.11 Å². The number of pyridine rings is 1. The molecule has 8 rings (SSSR count). The quantitative estimate of drug-likeness (QED) is 0.0888. The number of nitrogens with one attached hydrogen (secondary N) is 1. The van der Waals surface area contributed by atoms with Crippen LogP contribution in [0.3, 0.4) is 0 Å². The number of anilines is 1. The Morgan fingerprint density at radius 1 is 0.984 bits per heavy atom. The van der Waals surface area contributed by atoms with Crippen molar-refractivity contribution < 1.29 is 29.6 Å². The van der Waals surface area contributed by atoms with Gasteiger partial charge in [0.2, 0.25) is 0 Å². The number of nitrogens with zero attached hydrogens (tertiary/aromatic N) is 1. The second kappa shape index (κ2) is 18.7. The molecule has 0 amide bonds. The summed E-state index contributed by atoms with van der Waals surface area (Å²) in [6.45, 7) is 3.05. The summed E-state index contributed by atoms with van der Waals surface area (Å²) in [4.78, 5) is 30.7. The maximum Gasteiger partial charge on any atom is 0.160 e. The number of nitrogens with two attached hydrogens (primary N) is 1. The molecule has 3 aliphatic carbocycles. The molecule has 0 bridgehead atoms. The standard InChI is InChI=1S/C52H63N3O6/c1-3-34-31-55-51(53)29-45(34)44(38-11-10-35-6-4-5-7-37(35)24-38)26-41(56)15-12-36-19-21-52(49(59)17-14-39-25-48(61-2)47(58)28-43(36)39)20-18-32(23-50(52)60)8-9-33-22-40-13-16-42(57)27-46(40)54-30-33/h4-7,10-11,24-25,28-29,31-33,36,40-41,44,46,50,54,56,58,60H,3,8-9,12-18,20,22-23,26-27,30H2,1-2H3,(H2,53,55). The summed E-state index contributed by atoms with van der Waals surface area (Å²) in [5.74, 6) is 9.00. The van der Waals surface area contributed by atoms with Crippen molar-refractivity contribution in [2.45, 2.75) is 133 Å². The summed E-state index contributed by atoms with van der Waals surface area (Å²) in [7, 11) is 1.52. The molecule has 3 fully saturated rings. The third-order valence-corrected chi connectivity index (χ3v) is 14.8. The van der Waals surface area contributed by atoms with E-state index in [2.05, 4.69) is 59.4 Å². The van der Waals surface area contributed by atoms with E-state index in [9.17, 15) is 24.9 Å². The molecule has 4 aromatic rings. The molecule has 2 saturated carbocycles. The Morgan fingerprint density at radius 2 is 1.80 bits per heavy atom. The van der Waals surface area contributed by atoms with Crippen LogP contribution >= 0.6 is 0 Å². The lowest BCUT2D eigenvalue weighted by Crippen LogP contribution is -2.49. The fourth-order valence-corrected chi connectivity index (χ4v) is 11.2. The second-order valence-corrected chi connectivity index (χ2v) is 18.6. The van der Waals surface area contributed by atoms with Gasteiger partial charge in [0, 0.05) is 43.3 Å². The number of aliphatic hydroxyl groups is 2. The van der Waals surface area contributed by atoms with Crippen LogP contribution in [0.2, 0.25) is 0 Å². The number of aromatic nitrogens is 1. The lowest BCUT2D eigenvalue weighted by Gasteiger charge is -2.42. The monoisotopic (exact) mass is 825 g/mol. The molecular formula is C52H63N3O6. The fourth-order valence-electron chi connectivity index (χ4n) is 11.2. The summed E-state index contributed by atoms with van der Waals surface area (Å²) in [6.07, 6.45) is 10.6. The molecule has 4 aliphatic rings. The molecule has 1 aromatic heterocycles. The molecule has 9 heteroatoms. The Morgan fingerprint density at radius 3 is 2.61 bits per heavy atom. The largest absolute Gasteiger partial charge is 0.504 e. The second-order valence-electron chi connectivity index (χ2n) is 18.6. The first-order chi connectivity index (χ1) is 29.5. The van der Waals surface area contributed by atoms with Crippen LogP contribution < -0.4 is 15.8 Å². The van der Waals surface area contributed by atoms with Crippen LogP contribution in [0.25, 0.3) is 10.8 Å². The van der Waals surface area contributed by atoms with Crippen molar-refractivity contribution in [3.05, 3.63) is 94.7 Å². The molecule has 61 heavy (non-hydrogen) atoms. The van der Waals surface area contributed by atoms with Crippen molar-refractivity contribution in [1.29, 1.82) is 0 Å². The van der Waals surface area contributed by atoms with Gasteiger partial charge < -0.3 is 31.1 Å². The zero-order valence-electron chi connectivity index (χ0n) is 35.9. The van der Waals surface area contributed by atoms with Crippen molar-refractivity contribution in [2.24, 2.45) is 23.2 Å². The molecule has 1 spiro atoms. The molecule has 1 saturated heterocycles. The van der Waals surface area contributed by atoms with E-state index in [1.807, 2.05) is 30.5 Å². The van der Waals surface area contributed by atoms with Crippen molar-refractivity contribution in [3.8, 4) is 23.3 Å². The van der Waals surface area contributed by atoms with Crippen LogP contribution in [0, 0.1) is 35.0 Å². The summed E-state index contributed by atoms with van der Waals surface area (Å²) in [5.41, 5.74) is 10.1. The van der Waals surface area contributed by atoms with E-state index in [4.69, 9.17) is 10.5 Å². The van der Waals surface area contributed by atoms with Gasteiger partial charge in [0.1, 0.15) is 17.0 Å². The molecule has 6 N–H and O–H groups in total. The van der Waals surface area contributed by atoms with Crippen molar-refractivity contribution in [3.63, 3.8) is 0 Å². The number of rotatable bonds is 12. The lowest BCUT2D eigenvalue weighted by atomic mass is 9.64. The number of phenols is 1. The van der Waals surface area contributed by atoms with Crippen molar-refractivity contribution in [2.75, 3.05) is 19.4 Å². The summed E-state index contributed by atoms with van der Waals surface area (Å²) in [5, 5.41) is 40.9. The molecule has 2 heterocycles. The lowest BCUT2D eigenvalue weighted by molar-refractivity contribution is -0.134. The van der Waals surface area contributed by atoms with Gasteiger partial charge >= 0.3 is 0 Å². The Hall–Kier alpha value is -4.75. The number of benzene rings is 3. The van der Waals surface area contributed by atoms with Gasteiger partial charge in [0.05, 0.1) is 19.3 Å². The van der Waals surface area contributed by atoms with Gasteiger partial charge in [-0.15, -0.1) is 0 Å². The first kappa shape index (κ1) is 42.9. The maximum atomic E-state index is 14.3. The highest BCUT2D eigenvalue weighted by Crippen LogP contribution is 2.46. The highest BCUT2D eigenvalue weighted by Gasteiger charge is 2.47. The summed E-state index contributed by atoms with van der Waals surface area (Å²) < 4.78 is 5.51. The fraction of sp³-hybridized carbons (Fsp3) is 0.519. The van der Waals surface area contributed by atoms with Gasteiger partial charge in [0.15, 0.2) is 17.3 Å².